The number of amides is 2. The van der Waals surface area contributed by atoms with Gasteiger partial charge in [-0.15, -0.1) is 0 Å². The van der Waals surface area contributed by atoms with Crippen molar-refractivity contribution in [2.45, 2.75) is 58.0 Å². The highest BCUT2D eigenvalue weighted by Crippen LogP contribution is 2.44. The van der Waals surface area contributed by atoms with Crippen LogP contribution < -0.4 is 10.6 Å². The Hall–Kier alpha value is -3.35. The highest BCUT2D eigenvalue weighted by Gasteiger charge is 2.29. The van der Waals surface area contributed by atoms with Crippen molar-refractivity contribution < 1.29 is 24.2 Å². The largest absolute Gasteiger partial charge is 0.481 e. The number of hydrogen-bond acceptors (Lipinski definition) is 4. The molecule has 0 saturated heterocycles. The average Bonchev–Trinajstić information content (AvgIpc) is 3.13. The number of carboxylic acid groups (broad SMARTS) is 1. The first-order valence-corrected chi connectivity index (χ1v) is 11.5. The zero-order chi connectivity index (χ0) is 24.0. The van der Waals surface area contributed by atoms with Gasteiger partial charge in [-0.25, -0.2) is 4.79 Å². The summed E-state index contributed by atoms with van der Waals surface area (Å²) in [6.45, 7) is 5.40. The Morgan fingerprint density at radius 3 is 2.09 bits per heavy atom. The second kappa shape index (κ2) is 11.0. The fraction of sp³-hybridized carbons (Fsp3) is 0.423. The highest BCUT2D eigenvalue weighted by atomic mass is 16.5. The van der Waals surface area contributed by atoms with Gasteiger partial charge in [-0.3, -0.25) is 9.59 Å². The maximum atomic E-state index is 12.5. The second-order valence-electron chi connectivity index (χ2n) is 8.60. The number of carbonyl (C=O) groups is 3. The zero-order valence-electron chi connectivity index (χ0n) is 19.3. The van der Waals surface area contributed by atoms with Crippen molar-refractivity contribution in [3.63, 3.8) is 0 Å². The van der Waals surface area contributed by atoms with Crippen LogP contribution in [0.5, 0.6) is 0 Å². The summed E-state index contributed by atoms with van der Waals surface area (Å²) >= 11 is 0. The third kappa shape index (κ3) is 5.92. The number of nitrogens with one attached hydrogen (secondary N) is 2. The summed E-state index contributed by atoms with van der Waals surface area (Å²) in [6.07, 6.45) is 0.787. The van der Waals surface area contributed by atoms with E-state index in [2.05, 4.69) is 34.9 Å². The van der Waals surface area contributed by atoms with Crippen molar-refractivity contribution in [3.05, 3.63) is 59.7 Å². The first-order valence-electron chi connectivity index (χ1n) is 11.5. The lowest BCUT2D eigenvalue weighted by molar-refractivity contribution is -0.142. The molecule has 0 fully saturated rings. The number of fused-ring (bicyclic) bond motifs is 3. The molecule has 0 aromatic heterocycles. The lowest BCUT2D eigenvalue weighted by Crippen LogP contribution is -2.41. The van der Waals surface area contributed by atoms with Crippen molar-refractivity contribution in [2.75, 3.05) is 6.61 Å². The summed E-state index contributed by atoms with van der Waals surface area (Å²) in [7, 11) is 0. The van der Waals surface area contributed by atoms with Crippen molar-refractivity contribution >= 4 is 18.0 Å². The smallest absolute Gasteiger partial charge is 0.407 e. The molecular weight excluding hydrogens is 420 g/mol. The van der Waals surface area contributed by atoms with Crippen molar-refractivity contribution in [1.29, 1.82) is 0 Å². The molecule has 1 aliphatic carbocycles. The predicted molar refractivity (Wildman–Crippen MR) is 126 cm³/mol. The number of benzene rings is 2. The van der Waals surface area contributed by atoms with E-state index in [1.165, 1.54) is 11.1 Å². The molecule has 176 valence electrons. The molecule has 3 unspecified atom stereocenters. The number of ether oxygens (including phenoxy) is 1. The van der Waals surface area contributed by atoms with E-state index in [0.29, 0.717) is 12.8 Å². The number of rotatable bonds is 10. The lowest BCUT2D eigenvalue weighted by Gasteiger charge is -2.20. The molecule has 3 atom stereocenters. The van der Waals surface area contributed by atoms with Crippen LogP contribution in [0.3, 0.4) is 0 Å². The Bertz CT molecular complexity index is 960. The van der Waals surface area contributed by atoms with Crippen LogP contribution in [0.25, 0.3) is 11.1 Å². The number of alkyl carbamates (subject to hydrolysis) is 1. The van der Waals surface area contributed by atoms with Gasteiger partial charge in [0.1, 0.15) is 6.61 Å². The van der Waals surface area contributed by atoms with E-state index in [-0.39, 0.29) is 30.9 Å². The second-order valence-corrected chi connectivity index (χ2v) is 8.60. The third-order valence-electron chi connectivity index (χ3n) is 6.41. The van der Waals surface area contributed by atoms with E-state index in [0.717, 1.165) is 11.1 Å². The fourth-order valence-electron chi connectivity index (χ4n) is 4.16. The molecule has 2 aromatic rings. The number of hydrogen-bond donors (Lipinski definition) is 3. The molecule has 0 saturated carbocycles. The van der Waals surface area contributed by atoms with Gasteiger partial charge in [0.25, 0.3) is 0 Å². The molecule has 1 aliphatic rings. The van der Waals surface area contributed by atoms with Crippen LogP contribution in [-0.2, 0) is 14.3 Å². The molecule has 7 nitrogen and oxygen atoms in total. The SMILES string of the molecule is CCC(CCC(=O)NC(C)C(C)C(=O)O)NC(=O)OCC1c2ccccc2-c2ccccc21. The Morgan fingerprint density at radius 2 is 1.55 bits per heavy atom. The van der Waals surface area contributed by atoms with E-state index in [9.17, 15) is 14.4 Å². The van der Waals surface area contributed by atoms with Gasteiger partial charge in [-0.05, 0) is 48.9 Å². The van der Waals surface area contributed by atoms with Gasteiger partial charge in [0.05, 0.1) is 5.92 Å². The van der Waals surface area contributed by atoms with Gasteiger partial charge in [-0.2, -0.15) is 0 Å². The molecule has 0 bridgehead atoms. The number of carbonyl (C=O) groups excluding carboxylic acids is 2. The van der Waals surface area contributed by atoms with E-state index in [1.807, 2.05) is 31.2 Å². The molecule has 2 amide bonds. The van der Waals surface area contributed by atoms with E-state index in [1.54, 1.807) is 13.8 Å². The van der Waals surface area contributed by atoms with Crippen LogP contribution in [-0.4, -0.2) is 41.8 Å². The van der Waals surface area contributed by atoms with Gasteiger partial charge >= 0.3 is 12.1 Å². The van der Waals surface area contributed by atoms with Crippen molar-refractivity contribution in [3.8, 4) is 11.1 Å². The summed E-state index contributed by atoms with van der Waals surface area (Å²) in [5.41, 5.74) is 4.65. The molecule has 3 N–H and O–H groups in total. The minimum absolute atomic E-state index is 0.00767. The van der Waals surface area contributed by atoms with Crippen LogP contribution in [0.2, 0.25) is 0 Å². The zero-order valence-corrected chi connectivity index (χ0v) is 19.3. The highest BCUT2D eigenvalue weighted by molar-refractivity contribution is 5.79. The van der Waals surface area contributed by atoms with Crippen LogP contribution in [0.4, 0.5) is 4.79 Å². The van der Waals surface area contributed by atoms with Crippen molar-refractivity contribution in [1.82, 2.24) is 10.6 Å². The topological polar surface area (TPSA) is 105 Å². The maximum absolute atomic E-state index is 12.5. The van der Waals surface area contributed by atoms with Gasteiger partial charge in [-0.1, -0.05) is 55.5 Å². The fourth-order valence-corrected chi connectivity index (χ4v) is 4.16. The maximum Gasteiger partial charge on any atom is 0.407 e. The predicted octanol–water partition coefficient (Wildman–Crippen LogP) is 4.31. The summed E-state index contributed by atoms with van der Waals surface area (Å²) in [5, 5.41) is 14.6. The Morgan fingerprint density at radius 1 is 0.970 bits per heavy atom. The first-order chi connectivity index (χ1) is 15.8. The average molecular weight is 453 g/mol. The van der Waals surface area contributed by atoms with Crippen LogP contribution >= 0.6 is 0 Å². The van der Waals surface area contributed by atoms with E-state index in [4.69, 9.17) is 9.84 Å². The number of carboxylic acids is 1. The van der Waals surface area contributed by atoms with Crippen LogP contribution in [0, 0.1) is 5.92 Å². The minimum Gasteiger partial charge on any atom is -0.481 e. The van der Waals surface area contributed by atoms with E-state index < -0.39 is 24.0 Å². The Balaban J connectivity index is 1.50. The molecule has 0 spiro atoms. The molecular formula is C26H32N2O5. The first kappa shape index (κ1) is 24.3. The van der Waals surface area contributed by atoms with Gasteiger partial charge < -0.3 is 20.5 Å². The molecule has 7 heteroatoms. The van der Waals surface area contributed by atoms with E-state index >= 15 is 0 Å². The normalized spacial score (nSPS) is 15.0. The standard InChI is InChI=1S/C26H32N2O5/c1-4-18(13-14-24(29)27-17(3)16(2)25(30)31)28-26(32)33-15-23-21-11-7-5-9-19(21)20-10-6-8-12-22(20)23/h5-12,16-18,23H,4,13-15H2,1-3H3,(H,27,29)(H,28,32)(H,30,31). The van der Waals surface area contributed by atoms with Gasteiger partial charge in [0.15, 0.2) is 0 Å². The summed E-state index contributed by atoms with van der Waals surface area (Å²) in [6, 6.07) is 15.6. The quantitative estimate of drug-likeness (QED) is 0.498. The Kier molecular flexibility index (Phi) is 8.09. The van der Waals surface area contributed by atoms with Gasteiger partial charge in [0.2, 0.25) is 5.91 Å². The summed E-state index contributed by atoms with van der Waals surface area (Å²) in [4.78, 5) is 35.7. The lowest BCUT2D eigenvalue weighted by atomic mass is 9.98. The molecule has 0 radical (unpaired) electrons. The monoisotopic (exact) mass is 452 g/mol. The van der Waals surface area contributed by atoms with Crippen LogP contribution in [0.1, 0.15) is 57.1 Å². The van der Waals surface area contributed by atoms with Crippen LogP contribution in [0.15, 0.2) is 48.5 Å². The molecule has 0 heterocycles. The number of aliphatic carboxylic acids is 1. The molecule has 3 rings (SSSR count). The molecule has 0 aliphatic heterocycles. The minimum atomic E-state index is -0.953. The molecule has 33 heavy (non-hydrogen) atoms. The van der Waals surface area contributed by atoms with Crippen molar-refractivity contribution in [2.24, 2.45) is 5.92 Å². The molecule has 2 aromatic carbocycles. The summed E-state index contributed by atoms with van der Waals surface area (Å²) < 4.78 is 5.59. The Labute approximate surface area is 194 Å². The third-order valence-corrected chi connectivity index (χ3v) is 6.41. The summed E-state index contributed by atoms with van der Waals surface area (Å²) in [5.74, 6) is -1.86. The van der Waals surface area contributed by atoms with Gasteiger partial charge in [0, 0.05) is 24.4 Å².